The van der Waals surface area contributed by atoms with Crippen LogP contribution in [0.5, 0.6) is 0 Å². The third kappa shape index (κ3) is 3.21. The maximum atomic E-state index is 11.2. The molecule has 2 rings (SSSR count). The van der Waals surface area contributed by atoms with Crippen LogP contribution in [-0.4, -0.2) is 27.3 Å². The number of carboxylic acids is 2. The highest BCUT2D eigenvalue weighted by molar-refractivity contribution is 6.05. The summed E-state index contributed by atoms with van der Waals surface area (Å²) in [7, 11) is 0. The monoisotopic (exact) mass is 291 g/mol. The van der Waals surface area contributed by atoms with E-state index in [0.717, 1.165) is 0 Å². The van der Waals surface area contributed by atoms with E-state index in [9.17, 15) is 14.7 Å². The largest absolute Gasteiger partial charge is 0.478 e. The van der Waals surface area contributed by atoms with Crippen molar-refractivity contribution >= 4 is 17.6 Å². The number of furan rings is 1. The number of carbonyl (C=O) groups is 2. The number of hydrogen-bond acceptors (Lipinski definition) is 5. The molecular formula is C14H13NO6. The first kappa shape index (κ1) is 14.6. The minimum atomic E-state index is -1.33. The Morgan fingerprint density at radius 3 is 2.33 bits per heavy atom. The lowest BCUT2D eigenvalue weighted by atomic mass is 10.1. The Bertz CT molecular complexity index is 676. The molecule has 110 valence electrons. The van der Waals surface area contributed by atoms with Crippen molar-refractivity contribution in [1.29, 1.82) is 0 Å². The molecular weight excluding hydrogens is 278 g/mol. The summed E-state index contributed by atoms with van der Waals surface area (Å²) >= 11 is 0. The lowest BCUT2D eigenvalue weighted by Gasteiger charge is -2.10. The van der Waals surface area contributed by atoms with Crippen LogP contribution in [0.2, 0.25) is 0 Å². The molecule has 4 N–H and O–H groups in total. The summed E-state index contributed by atoms with van der Waals surface area (Å²) in [5.74, 6) is -1.75. The Morgan fingerprint density at radius 2 is 1.76 bits per heavy atom. The summed E-state index contributed by atoms with van der Waals surface area (Å²) in [5.41, 5.74) is -0.411. The Kier molecular flexibility index (Phi) is 4.24. The standard InChI is InChI=1S/C14H13NO6/c16-7-9-5-4-8(21-9)6-15-11-3-1-2-10(13(17)18)12(11)14(19)20/h1-5,15-16H,6-7H2,(H,17,18)(H,19,20). The van der Waals surface area contributed by atoms with Gasteiger partial charge in [0.25, 0.3) is 0 Å². The van der Waals surface area contributed by atoms with E-state index in [-0.39, 0.29) is 30.0 Å². The first-order chi connectivity index (χ1) is 10.0. The zero-order valence-electron chi connectivity index (χ0n) is 10.9. The first-order valence-electron chi connectivity index (χ1n) is 6.05. The molecule has 21 heavy (non-hydrogen) atoms. The van der Waals surface area contributed by atoms with Gasteiger partial charge in [-0.25, -0.2) is 9.59 Å². The van der Waals surface area contributed by atoms with Gasteiger partial charge in [0.2, 0.25) is 0 Å². The number of hydrogen-bond donors (Lipinski definition) is 4. The second-order valence-corrected chi connectivity index (χ2v) is 4.22. The maximum absolute atomic E-state index is 11.2. The van der Waals surface area contributed by atoms with Crippen LogP contribution in [0.4, 0.5) is 5.69 Å². The first-order valence-corrected chi connectivity index (χ1v) is 6.05. The quantitative estimate of drug-likeness (QED) is 0.640. The molecule has 0 aliphatic rings. The highest BCUT2D eigenvalue weighted by atomic mass is 16.4. The van der Waals surface area contributed by atoms with Crippen molar-refractivity contribution in [1.82, 2.24) is 0 Å². The maximum Gasteiger partial charge on any atom is 0.338 e. The predicted molar refractivity (Wildman–Crippen MR) is 72.3 cm³/mol. The third-order valence-corrected chi connectivity index (χ3v) is 2.83. The average Bonchev–Trinajstić information content (AvgIpc) is 2.92. The molecule has 2 aromatic rings. The van der Waals surface area contributed by atoms with Gasteiger partial charge < -0.3 is 25.1 Å². The van der Waals surface area contributed by atoms with E-state index in [1.807, 2.05) is 0 Å². The molecule has 0 aliphatic carbocycles. The van der Waals surface area contributed by atoms with E-state index < -0.39 is 11.9 Å². The van der Waals surface area contributed by atoms with Crippen LogP contribution in [0.3, 0.4) is 0 Å². The number of benzene rings is 1. The highest BCUT2D eigenvalue weighted by Gasteiger charge is 2.19. The number of aliphatic hydroxyl groups is 1. The fourth-order valence-corrected chi connectivity index (χ4v) is 1.89. The van der Waals surface area contributed by atoms with Crippen molar-refractivity contribution in [3.8, 4) is 0 Å². The third-order valence-electron chi connectivity index (χ3n) is 2.83. The van der Waals surface area contributed by atoms with Crippen LogP contribution in [0.1, 0.15) is 32.2 Å². The average molecular weight is 291 g/mol. The molecule has 7 heteroatoms. The Hall–Kier alpha value is -2.80. The molecule has 1 aromatic heterocycles. The molecule has 0 bridgehead atoms. The second kappa shape index (κ2) is 6.10. The molecule has 0 aliphatic heterocycles. The van der Waals surface area contributed by atoms with E-state index in [0.29, 0.717) is 11.5 Å². The zero-order valence-corrected chi connectivity index (χ0v) is 10.9. The molecule has 0 fully saturated rings. The van der Waals surface area contributed by atoms with Crippen molar-refractivity contribution in [2.75, 3.05) is 5.32 Å². The van der Waals surface area contributed by atoms with E-state index >= 15 is 0 Å². The highest BCUT2D eigenvalue weighted by Crippen LogP contribution is 2.21. The number of aliphatic hydroxyl groups excluding tert-OH is 1. The minimum absolute atomic E-state index is 0.170. The summed E-state index contributed by atoms with van der Waals surface area (Å²) < 4.78 is 5.26. The van der Waals surface area contributed by atoms with E-state index in [2.05, 4.69) is 5.32 Å². The van der Waals surface area contributed by atoms with Gasteiger partial charge in [-0.05, 0) is 24.3 Å². The molecule has 0 saturated heterocycles. The fraction of sp³-hybridized carbons (Fsp3) is 0.143. The normalized spacial score (nSPS) is 10.3. The Balaban J connectivity index is 2.25. The molecule has 1 aromatic carbocycles. The molecule has 0 radical (unpaired) electrons. The van der Waals surface area contributed by atoms with Crippen molar-refractivity contribution in [2.45, 2.75) is 13.2 Å². The van der Waals surface area contributed by atoms with Crippen molar-refractivity contribution in [2.24, 2.45) is 0 Å². The van der Waals surface area contributed by atoms with Crippen molar-refractivity contribution in [3.05, 3.63) is 53.0 Å². The predicted octanol–water partition coefficient (Wildman–Crippen LogP) is 1.78. The second-order valence-electron chi connectivity index (χ2n) is 4.22. The number of carboxylic acid groups (broad SMARTS) is 2. The number of anilines is 1. The van der Waals surface area contributed by atoms with Crippen LogP contribution in [0.25, 0.3) is 0 Å². The molecule has 0 saturated carbocycles. The zero-order chi connectivity index (χ0) is 15.4. The molecule has 0 amide bonds. The number of nitrogens with one attached hydrogen (secondary N) is 1. The molecule has 0 atom stereocenters. The van der Waals surface area contributed by atoms with Crippen LogP contribution in [0.15, 0.2) is 34.7 Å². The van der Waals surface area contributed by atoms with E-state index in [1.165, 1.54) is 18.2 Å². The smallest absolute Gasteiger partial charge is 0.338 e. The number of aromatic carboxylic acids is 2. The van der Waals surface area contributed by atoms with Gasteiger partial charge in [-0.3, -0.25) is 0 Å². The molecule has 0 spiro atoms. The summed E-state index contributed by atoms with van der Waals surface area (Å²) in [5, 5.41) is 29.9. The van der Waals surface area contributed by atoms with E-state index in [1.54, 1.807) is 12.1 Å². The lowest BCUT2D eigenvalue weighted by Crippen LogP contribution is -2.12. The molecule has 1 heterocycles. The summed E-state index contributed by atoms with van der Waals surface area (Å²) in [4.78, 5) is 22.3. The van der Waals surface area contributed by atoms with Crippen molar-refractivity contribution < 1.29 is 29.3 Å². The molecule has 7 nitrogen and oxygen atoms in total. The van der Waals surface area contributed by atoms with Gasteiger partial charge in [0.05, 0.1) is 17.7 Å². The number of rotatable bonds is 6. The van der Waals surface area contributed by atoms with Crippen molar-refractivity contribution in [3.63, 3.8) is 0 Å². The van der Waals surface area contributed by atoms with Gasteiger partial charge in [-0.2, -0.15) is 0 Å². The lowest BCUT2D eigenvalue weighted by molar-refractivity contribution is 0.0652. The Labute approximate surface area is 119 Å². The van der Waals surface area contributed by atoms with Gasteiger partial charge in [0, 0.05) is 5.69 Å². The summed E-state index contributed by atoms with van der Waals surface area (Å²) in [6, 6.07) is 7.40. The van der Waals surface area contributed by atoms with Gasteiger partial charge >= 0.3 is 11.9 Å². The van der Waals surface area contributed by atoms with Crippen LogP contribution < -0.4 is 5.32 Å². The van der Waals surface area contributed by atoms with Crippen LogP contribution in [0, 0.1) is 0 Å². The van der Waals surface area contributed by atoms with Crippen LogP contribution in [-0.2, 0) is 13.2 Å². The Morgan fingerprint density at radius 1 is 1.05 bits per heavy atom. The fourth-order valence-electron chi connectivity index (χ4n) is 1.89. The van der Waals surface area contributed by atoms with Crippen LogP contribution >= 0.6 is 0 Å². The summed E-state index contributed by atoms with van der Waals surface area (Å²) in [6.45, 7) is -0.0573. The van der Waals surface area contributed by atoms with E-state index in [4.69, 9.17) is 14.6 Å². The van der Waals surface area contributed by atoms with Gasteiger partial charge in [-0.15, -0.1) is 0 Å². The SMILES string of the molecule is O=C(O)c1cccc(NCc2ccc(CO)o2)c1C(=O)O. The molecule has 0 unspecified atom stereocenters. The topological polar surface area (TPSA) is 120 Å². The van der Waals surface area contributed by atoms with Gasteiger partial charge in [0.15, 0.2) is 0 Å². The van der Waals surface area contributed by atoms with Gasteiger partial charge in [0.1, 0.15) is 18.1 Å². The summed E-state index contributed by atoms with van der Waals surface area (Å²) in [6.07, 6.45) is 0. The minimum Gasteiger partial charge on any atom is -0.478 e. The van der Waals surface area contributed by atoms with Gasteiger partial charge in [-0.1, -0.05) is 6.07 Å².